The maximum Gasteiger partial charge on any atom is 0.292 e. The molecule has 7 heteroatoms. The number of benzene rings is 2. The summed E-state index contributed by atoms with van der Waals surface area (Å²) in [5, 5.41) is 14.1. The Balaban J connectivity index is 1.48. The van der Waals surface area contributed by atoms with Crippen molar-refractivity contribution in [3.8, 4) is 0 Å². The number of nitro benzene ring substituents is 1. The number of nitrogens with one attached hydrogen (secondary N) is 1. The molecule has 1 aliphatic rings. The van der Waals surface area contributed by atoms with Gasteiger partial charge in [-0.1, -0.05) is 42.5 Å². The van der Waals surface area contributed by atoms with E-state index in [1.807, 2.05) is 41.3 Å². The predicted octanol–water partition coefficient (Wildman–Crippen LogP) is 2.03. The van der Waals surface area contributed by atoms with Gasteiger partial charge in [0.25, 0.3) is 5.69 Å². The van der Waals surface area contributed by atoms with E-state index in [9.17, 15) is 14.9 Å². The summed E-state index contributed by atoms with van der Waals surface area (Å²) in [7, 11) is 0. The standard InChI is InChI=1S/C19H22N4O3/c24-19(20-14-16-6-2-1-3-7-16)15-21-10-12-22(13-11-21)17-8-4-5-9-18(17)23(25)26/h1-9H,10-15H2,(H,20,24). The molecule has 0 bridgehead atoms. The molecule has 2 aromatic rings. The van der Waals surface area contributed by atoms with Gasteiger partial charge in [-0.15, -0.1) is 0 Å². The van der Waals surface area contributed by atoms with E-state index in [1.165, 1.54) is 6.07 Å². The topological polar surface area (TPSA) is 78.7 Å². The Morgan fingerprint density at radius 2 is 1.65 bits per heavy atom. The minimum absolute atomic E-state index is 0.00649. The average Bonchev–Trinajstić information content (AvgIpc) is 2.68. The average molecular weight is 354 g/mol. The molecule has 0 aromatic heterocycles. The largest absolute Gasteiger partial charge is 0.363 e. The summed E-state index contributed by atoms with van der Waals surface area (Å²) >= 11 is 0. The van der Waals surface area contributed by atoms with Gasteiger partial charge in [-0.05, 0) is 11.6 Å². The summed E-state index contributed by atoms with van der Waals surface area (Å²) in [6.07, 6.45) is 0. The molecule has 26 heavy (non-hydrogen) atoms. The first-order valence-corrected chi connectivity index (χ1v) is 8.65. The number of nitro groups is 1. The minimum Gasteiger partial charge on any atom is -0.363 e. The van der Waals surface area contributed by atoms with E-state index in [0.29, 0.717) is 45.0 Å². The van der Waals surface area contributed by atoms with Crippen molar-refractivity contribution in [2.45, 2.75) is 6.54 Å². The second-order valence-electron chi connectivity index (χ2n) is 6.27. The highest BCUT2D eigenvalue weighted by Gasteiger charge is 2.23. The van der Waals surface area contributed by atoms with Crippen LogP contribution in [0.4, 0.5) is 11.4 Å². The molecule has 3 rings (SSSR count). The van der Waals surface area contributed by atoms with E-state index in [-0.39, 0.29) is 16.5 Å². The zero-order chi connectivity index (χ0) is 18.4. The van der Waals surface area contributed by atoms with Gasteiger partial charge in [-0.3, -0.25) is 19.8 Å². The Morgan fingerprint density at radius 1 is 1.00 bits per heavy atom. The van der Waals surface area contributed by atoms with Gasteiger partial charge in [0.1, 0.15) is 5.69 Å². The smallest absolute Gasteiger partial charge is 0.292 e. The molecule has 0 radical (unpaired) electrons. The maximum absolute atomic E-state index is 12.1. The van der Waals surface area contributed by atoms with Crippen molar-refractivity contribution in [3.05, 3.63) is 70.3 Å². The third kappa shape index (κ3) is 4.58. The molecular formula is C19H22N4O3. The van der Waals surface area contributed by atoms with Crippen LogP contribution in [-0.2, 0) is 11.3 Å². The minimum atomic E-state index is -0.348. The quantitative estimate of drug-likeness (QED) is 0.634. The van der Waals surface area contributed by atoms with Crippen LogP contribution in [0, 0.1) is 10.1 Å². The van der Waals surface area contributed by atoms with Crippen molar-refractivity contribution in [2.24, 2.45) is 0 Å². The molecule has 1 amide bonds. The summed E-state index contributed by atoms with van der Waals surface area (Å²) in [4.78, 5) is 27.0. The first kappa shape index (κ1) is 17.9. The van der Waals surface area contributed by atoms with Gasteiger partial charge in [0.15, 0.2) is 0 Å². The molecule has 2 aromatic carbocycles. The van der Waals surface area contributed by atoms with Gasteiger partial charge in [0, 0.05) is 38.8 Å². The molecule has 1 heterocycles. The highest BCUT2D eigenvalue weighted by Crippen LogP contribution is 2.28. The van der Waals surface area contributed by atoms with E-state index in [1.54, 1.807) is 12.1 Å². The van der Waals surface area contributed by atoms with Crippen LogP contribution in [0.2, 0.25) is 0 Å². The van der Waals surface area contributed by atoms with Gasteiger partial charge in [0.2, 0.25) is 5.91 Å². The highest BCUT2D eigenvalue weighted by molar-refractivity contribution is 5.78. The lowest BCUT2D eigenvalue weighted by Gasteiger charge is -2.35. The summed E-state index contributed by atoms with van der Waals surface area (Å²) in [6.45, 7) is 3.59. The lowest BCUT2D eigenvalue weighted by Crippen LogP contribution is -2.49. The predicted molar refractivity (Wildman–Crippen MR) is 100 cm³/mol. The zero-order valence-electron chi connectivity index (χ0n) is 14.5. The molecule has 1 saturated heterocycles. The van der Waals surface area contributed by atoms with Crippen LogP contribution in [0.25, 0.3) is 0 Å². The Bertz CT molecular complexity index is 758. The van der Waals surface area contributed by atoms with Crippen molar-refractivity contribution in [3.63, 3.8) is 0 Å². The fraction of sp³-hybridized carbons (Fsp3) is 0.316. The zero-order valence-corrected chi connectivity index (χ0v) is 14.5. The molecule has 0 saturated carbocycles. The van der Waals surface area contributed by atoms with Crippen LogP contribution in [0.15, 0.2) is 54.6 Å². The number of para-hydroxylation sites is 2. The third-order valence-electron chi connectivity index (χ3n) is 4.49. The molecule has 0 spiro atoms. The summed E-state index contributed by atoms with van der Waals surface area (Å²) < 4.78 is 0. The highest BCUT2D eigenvalue weighted by atomic mass is 16.6. The van der Waals surface area contributed by atoms with Crippen LogP contribution in [0.3, 0.4) is 0 Å². The lowest BCUT2D eigenvalue weighted by atomic mass is 10.2. The maximum atomic E-state index is 12.1. The van der Waals surface area contributed by atoms with Crippen molar-refractivity contribution in [2.75, 3.05) is 37.6 Å². The number of carbonyl (C=O) groups excluding carboxylic acids is 1. The van der Waals surface area contributed by atoms with E-state index in [2.05, 4.69) is 10.2 Å². The van der Waals surface area contributed by atoms with Crippen LogP contribution in [0.5, 0.6) is 0 Å². The van der Waals surface area contributed by atoms with Gasteiger partial charge < -0.3 is 10.2 Å². The second-order valence-corrected chi connectivity index (χ2v) is 6.27. The first-order valence-electron chi connectivity index (χ1n) is 8.65. The fourth-order valence-corrected chi connectivity index (χ4v) is 3.09. The molecule has 0 unspecified atom stereocenters. The van der Waals surface area contributed by atoms with Crippen molar-refractivity contribution in [1.29, 1.82) is 0 Å². The Morgan fingerprint density at radius 3 is 2.35 bits per heavy atom. The third-order valence-corrected chi connectivity index (χ3v) is 4.49. The number of rotatable bonds is 6. The number of nitrogens with zero attached hydrogens (tertiary/aromatic N) is 3. The summed E-state index contributed by atoms with van der Waals surface area (Å²) in [6, 6.07) is 16.6. The number of anilines is 1. The molecule has 7 nitrogen and oxygen atoms in total. The van der Waals surface area contributed by atoms with Crippen molar-refractivity contribution < 1.29 is 9.72 Å². The van der Waals surface area contributed by atoms with Gasteiger partial charge >= 0.3 is 0 Å². The first-order chi connectivity index (χ1) is 12.6. The molecule has 136 valence electrons. The molecule has 1 N–H and O–H groups in total. The van der Waals surface area contributed by atoms with E-state index in [4.69, 9.17) is 0 Å². The van der Waals surface area contributed by atoms with Crippen LogP contribution in [-0.4, -0.2) is 48.5 Å². The second kappa shape index (κ2) is 8.44. The van der Waals surface area contributed by atoms with E-state index >= 15 is 0 Å². The molecule has 0 aliphatic carbocycles. The monoisotopic (exact) mass is 354 g/mol. The Labute approximate surface area is 152 Å². The summed E-state index contributed by atoms with van der Waals surface area (Å²) in [5.41, 5.74) is 1.84. The van der Waals surface area contributed by atoms with Gasteiger partial charge in [0.05, 0.1) is 11.5 Å². The van der Waals surface area contributed by atoms with Crippen molar-refractivity contribution in [1.82, 2.24) is 10.2 Å². The van der Waals surface area contributed by atoms with E-state index in [0.717, 1.165) is 5.56 Å². The number of amides is 1. The Hall–Kier alpha value is -2.93. The molecular weight excluding hydrogens is 332 g/mol. The van der Waals surface area contributed by atoms with Crippen LogP contribution < -0.4 is 10.2 Å². The van der Waals surface area contributed by atoms with Crippen molar-refractivity contribution >= 4 is 17.3 Å². The normalized spacial score (nSPS) is 14.8. The molecule has 0 atom stereocenters. The number of piperazine rings is 1. The van der Waals surface area contributed by atoms with Gasteiger partial charge in [-0.25, -0.2) is 0 Å². The van der Waals surface area contributed by atoms with Crippen LogP contribution >= 0.6 is 0 Å². The number of hydrogen-bond donors (Lipinski definition) is 1. The molecule has 1 aliphatic heterocycles. The number of carbonyl (C=O) groups is 1. The summed E-state index contributed by atoms with van der Waals surface area (Å²) in [5.74, 6) is -0.00649. The number of hydrogen-bond acceptors (Lipinski definition) is 5. The van der Waals surface area contributed by atoms with Gasteiger partial charge in [-0.2, -0.15) is 0 Å². The van der Waals surface area contributed by atoms with E-state index < -0.39 is 0 Å². The lowest BCUT2D eigenvalue weighted by molar-refractivity contribution is -0.384. The van der Waals surface area contributed by atoms with Crippen LogP contribution in [0.1, 0.15) is 5.56 Å². The SMILES string of the molecule is O=C(CN1CCN(c2ccccc2[N+](=O)[O-])CC1)NCc1ccccc1. The Kier molecular flexibility index (Phi) is 5.80. The fourth-order valence-electron chi connectivity index (χ4n) is 3.09. The molecule has 1 fully saturated rings.